The number of carbonyl (C=O) groups excluding carboxylic acids is 2. The van der Waals surface area contributed by atoms with Crippen LogP contribution >= 0.6 is 11.6 Å². The highest BCUT2D eigenvalue weighted by Crippen LogP contribution is 2.34. The molecule has 1 heterocycles. The molecule has 8 nitrogen and oxygen atoms in total. The van der Waals surface area contributed by atoms with E-state index in [1.165, 1.54) is 13.0 Å². The Morgan fingerprint density at radius 3 is 2.37 bits per heavy atom. The minimum absolute atomic E-state index is 0.0586. The van der Waals surface area contributed by atoms with Gasteiger partial charge in [0.25, 0.3) is 10.0 Å². The van der Waals surface area contributed by atoms with E-state index in [1.807, 2.05) is 4.72 Å². The molecule has 3 rings (SSSR count). The van der Waals surface area contributed by atoms with E-state index >= 15 is 0 Å². The molecular weight excluding hydrogens is 552 g/mol. The van der Waals surface area contributed by atoms with E-state index in [2.05, 4.69) is 15.6 Å². The number of sulfonamides is 1. The number of urea groups is 1. The van der Waals surface area contributed by atoms with Crippen molar-refractivity contribution < 1.29 is 35.6 Å². The second kappa shape index (κ2) is 11.0. The summed E-state index contributed by atoms with van der Waals surface area (Å²) in [6.45, 7) is 4.61. The average Bonchev–Trinajstić information content (AvgIpc) is 2.78. The number of nitrogens with zero attached hydrogens (tertiary/aromatic N) is 1. The number of alkyl halides is 3. The normalized spacial score (nSPS) is 11.8. The maximum absolute atomic E-state index is 14.6. The number of halogens is 5. The van der Waals surface area contributed by atoms with Crippen molar-refractivity contribution in [2.24, 2.45) is 0 Å². The van der Waals surface area contributed by atoms with Gasteiger partial charge in [-0.3, -0.25) is 9.52 Å². The van der Waals surface area contributed by atoms with Gasteiger partial charge in [-0.1, -0.05) is 17.7 Å². The Hall–Kier alpha value is -3.71. The zero-order chi connectivity index (χ0) is 28.4. The molecule has 0 spiro atoms. The third-order valence-electron chi connectivity index (χ3n) is 5.03. The molecule has 0 saturated heterocycles. The number of hydrogen-bond donors (Lipinski definition) is 3. The summed E-state index contributed by atoms with van der Waals surface area (Å²) < 4.78 is 82.5. The van der Waals surface area contributed by atoms with Gasteiger partial charge >= 0.3 is 12.2 Å². The van der Waals surface area contributed by atoms with Crippen molar-refractivity contribution >= 4 is 44.8 Å². The fourth-order valence-corrected chi connectivity index (χ4v) is 4.55. The number of carbonyl (C=O) groups is 2. The molecule has 14 heteroatoms. The van der Waals surface area contributed by atoms with Crippen LogP contribution in [-0.2, 0) is 16.2 Å². The van der Waals surface area contributed by atoms with E-state index < -0.39 is 61.2 Å². The Labute approximate surface area is 220 Å². The second-order valence-corrected chi connectivity index (χ2v) is 10.5. The topological polar surface area (TPSA) is 117 Å². The van der Waals surface area contributed by atoms with E-state index in [0.717, 1.165) is 36.5 Å². The van der Waals surface area contributed by atoms with Crippen molar-refractivity contribution in [3.8, 4) is 0 Å². The molecule has 1 aromatic heterocycles. The molecule has 0 aliphatic rings. The summed E-state index contributed by atoms with van der Waals surface area (Å²) in [4.78, 5) is 28.3. The van der Waals surface area contributed by atoms with Gasteiger partial charge in [0.15, 0.2) is 0 Å². The molecule has 0 atom stereocenters. The van der Waals surface area contributed by atoms with Crippen LogP contribution in [0.1, 0.15) is 41.0 Å². The SMILES string of the molecule is Cc1ccc(S(=O)(=O)Nc2cc(Cl)cnc2C(=O)c2cc(NC(=O)NC(C)C)ccc2F)cc1C(F)(F)F. The highest BCUT2D eigenvalue weighted by atomic mass is 35.5. The Morgan fingerprint density at radius 2 is 1.74 bits per heavy atom. The summed E-state index contributed by atoms with van der Waals surface area (Å²) in [5.41, 5.74) is -2.92. The number of pyridine rings is 1. The highest BCUT2D eigenvalue weighted by molar-refractivity contribution is 7.92. The number of ketones is 1. The Bertz CT molecular complexity index is 1510. The monoisotopic (exact) mass is 572 g/mol. The van der Waals surface area contributed by atoms with Crippen LogP contribution in [0, 0.1) is 12.7 Å². The molecular formula is C24H21ClF4N4O4S. The maximum Gasteiger partial charge on any atom is 0.416 e. The summed E-state index contributed by atoms with van der Waals surface area (Å²) in [7, 11) is -4.67. The molecule has 202 valence electrons. The Balaban J connectivity index is 2.00. The number of aryl methyl sites for hydroxylation is 1. The summed E-state index contributed by atoms with van der Waals surface area (Å²) in [5.74, 6) is -2.08. The van der Waals surface area contributed by atoms with Crippen molar-refractivity contribution in [3.05, 3.63) is 81.9 Å². The predicted octanol–water partition coefficient (Wildman–Crippen LogP) is 5.76. The van der Waals surface area contributed by atoms with E-state index in [1.54, 1.807) is 13.8 Å². The van der Waals surface area contributed by atoms with Crippen LogP contribution in [0.5, 0.6) is 0 Å². The van der Waals surface area contributed by atoms with Crippen LogP contribution in [0.2, 0.25) is 5.02 Å². The molecule has 3 aromatic rings. The van der Waals surface area contributed by atoms with Crippen LogP contribution in [0.4, 0.5) is 33.7 Å². The summed E-state index contributed by atoms with van der Waals surface area (Å²) in [6, 6.07) is 5.76. The first-order valence-corrected chi connectivity index (χ1v) is 12.7. The van der Waals surface area contributed by atoms with Crippen molar-refractivity contribution in [1.29, 1.82) is 0 Å². The number of rotatable bonds is 7. The van der Waals surface area contributed by atoms with Crippen molar-refractivity contribution in [2.45, 2.75) is 37.9 Å². The molecule has 0 bridgehead atoms. The zero-order valence-corrected chi connectivity index (χ0v) is 21.6. The molecule has 0 saturated carbocycles. The molecule has 0 radical (unpaired) electrons. The lowest BCUT2D eigenvalue weighted by molar-refractivity contribution is -0.138. The average molecular weight is 573 g/mol. The minimum atomic E-state index is -4.81. The van der Waals surface area contributed by atoms with Crippen molar-refractivity contribution in [3.63, 3.8) is 0 Å². The van der Waals surface area contributed by atoms with Crippen LogP contribution in [-0.4, -0.2) is 31.3 Å². The number of benzene rings is 2. The minimum Gasteiger partial charge on any atom is -0.336 e. The van der Waals surface area contributed by atoms with E-state index in [0.29, 0.717) is 6.07 Å². The van der Waals surface area contributed by atoms with Gasteiger partial charge in [0.1, 0.15) is 11.5 Å². The highest BCUT2D eigenvalue weighted by Gasteiger charge is 2.34. The van der Waals surface area contributed by atoms with Crippen molar-refractivity contribution in [2.75, 3.05) is 10.0 Å². The largest absolute Gasteiger partial charge is 0.416 e. The lowest BCUT2D eigenvalue weighted by Gasteiger charge is -2.15. The van der Waals surface area contributed by atoms with Gasteiger partial charge in [0.2, 0.25) is 5.78 Å². The lowest BCUT2D eigenvalue weighted by Crippen LogP contribution is -2.34. The van der Waals surface area contributed by atoms with Gasteiger partial charge in [0.05, 0.1) is 26.7 Å². The van der Waals surface area contributed by atoms with E-state index in [9.17, 15) is 35.6 Å². The summed E-state index contributed by atoms with van der Waals surface area (Å²) in [6.07, 6.45) is -3.80. The van der Waals surface area contributed by atoms with Crippen LogP contribution in [0.3, 0.4) is 0 Å². The smallest absolute Gasteiger partial charge is 0.336 e. The number of aromatic nitrogens is 1. The molecule has 0 fully saturated rings. The first-order chi connectivity index (χ1) is 17.6. The molecule has 3 N–H and O–H groups in total. The second-order valence-electron chi connectivity index (χ2n) is 8.41. The van der Waals surface area contributed by atoms with Gasteiger partial charge < -0.3 is 10.6 Å². The van der Waals surface area contributed by atoms with Gasteiger partial charge in [0, 0.05) is 17.9 Å². The van der Waals surface area contributed by atoms with E-state index in [4.69, 9.17) is 11.6 Å². The Kier molecular flexibility index (Phi) is 8.32. The first-order valence-electron chi connectivity index (χ1n) is 10.9. The fourth-order valence-electron chi connectivity index (χ4n) is 3.31. The lowest BCUT2D eigenvalue weighted by atomic mass is 10.1. The predicted molar refractivity (Wildman–Crippen MR) is 133 cm³/mol. The third-order valence-corrected chi connectivity index (χ3v) is 6.60. The Morgan fingerprint density at radius 1 is 1.05 bits per heavy atom. The molecule has 0 aliphatic heterocycles. The summed E-state index contributed by atoms with van der Waals surface area (Å²) >= 11 is 5.92. The van der Waals surface area contributed by atoms with Crippen LogP contribution in [0.15, 0.2) is 53.6 Å². The van der Waals surface area contributed by atoms with Gasteiger partial charge in [-0.2, -0.15) is 13.2 Å². The third kappa shape index (κ3) is 6.78. The zero-order valence-electron chi connectivity index (χ0n) is 20.1. The maximum atomic E-state index is 14.6. The standard InChI is InChI=1S/C24H21ClF4N4O4S/c1-12(2)31-23(35)32-15-5-7-19(26)17(9-15)22(34)21-20(8-14(25)11-30-21)33-38(36,37)16-6-4-13(3)18(10-16)24(27,28)29/h4-12,33H,1-3H3,(H2,31,32,35). The van der Waals surface area contributed by atoms with Gasteiger partial charge in [-0.05, 0) is 62.7 Å². The van der Waals surface area contributed by atoms with Crippen LogP contribution < -0.4 is 15.4 Å². The number of nitrogens with one attached hydrogen (secondary N) is 3. The fraction of sp³-hybridized carbons (Fsp3) is 0.208. The number of anilines is 2. The quantitative estimate of drug-likeness (QED) is 0.246. The molecule has 38 heavy (non-hydrogen) atoms. The van der Waals surface area contributed by atoms with Gasteiger partial charge in [-0.15, -0.1) is 0 Å². The summed E-state index contributed by atoms with van der Waals surface area (Å²) in [5, 5.41) is 4.88. The molecule has 2 amide bonds. The number of amides is 2. The first kappa shape index (κ1) is 28.9. The van der Waals surface area contributed by atoms with Crippen LogP contribution in [0.25, 0.3) is 0 Å². The van der Waals surface area contributed by atoms with Crippen molar-refractivity contribution in [1.82, 2.24) is 10.3 Å². The molecule has 0 aliphatic carbocycles. The van der Waals surface area contributed by atoms with E-state index in [-0.39, 0.29) is 22.3 Å². The number of hydrogen-bond acceptors (Lipinski definition) is 5. The molecule has 2 aromatic carbocycles. The van der Waals surface area contributed by atoms with Gasteiger partial charge in [-0.25, -0.2) is 22.6 Å². The molecule has 0 unspecified atom stereocenters.